The summed E-state index contributed by atoms with van der Waals surface area (Å²) in [5.74, 6) is 0.422. The van der Waals surface area contributed by atoms with E-state index in [1.165, 1.54) is 0 Å². The quantitative estimate of drug-likeness (QED) is 0.596. The predicted octanol–water partition coefficient (Wildman–Crippen LogP) is 3.63. The first kappa shape index (κ1) is 13.4. The van der Waals surface area contributed by atoms with Crippen molar-refractivity contribution >= 4 is 29.3 Å². The first-order valence-electron chi connectivity index (χ1n) is 5.19. The second-order valence-corrected chi connectivity index (χ2v) is 4.86. The van der Waals surface area contributed by atoms with Crippen LogP contribution in [0.3, 0.4) is 0 Å². The lowest BCUT2D eigenvalue weighted by atomic mass is 10.2. The Morgan fingerprint density at radius 2 is 2.19 bits per heavy atom. The maximum atomic E-state index is 11.4. The summed E-state index contributed by atoms with van der Waals surface area (Å²) < 4.78 is 4.94. The lowest BCUT2D eigenvalue weighted by Crippen LogP contribution is -2.16. The van der Waals surface area contributed by atoms with Crippen LogP contribution in [0.15, 0.2) is 29.2 Å². The summed E-state index contributed by atoms with van der Waals surface area (Å²) in [5, 5.41) is 0.726. The van der Waals surface area contributed by atoms with Crippen molar-refractivity contribution in [2.75, 3.05) is 12.4 Å². The molecule has 0 aliphatic carbocycles. The number of rotatable bonds is 5. The van der Waals surface area contributed by atoms with Crippen molar-refractivity contribution in [3.8, 4) is 0 Å². The fourth-order valence-electron chi connectivity index (χ4n) is 1.13. The van der Waals surface area contributed by atoms with Crippen molar-refractivity contribution in [2.24, 2.45) is 5.92 Å². The van der Waals surface area contributed by atoms with Crippen LogP contribution in [0.5, 0.6) is 0 Å². The molecule has 0 heterocycles. The van der Waals surface area contributed by atoms with Gasteiger partial charge in [-0.25, -0.2) is 0 Å². The molecule has 0 radical (unpaired) electrons. The van der Waals surface area contributed by atoms with E-state index in [2.05, 4.69) is 0 Å². The van der Waals surface area contributed by atoms with Crippen molar-refractivity contribution < 1.29 is 9.53 Å². The van der Waals surface area contributed by atoms with Crippen LogP contribution in [0.4, 0.5) is 0 Å². The highest BCUT2D eigenvalue weighted by Crippen LogP contribution is 2.28. The molecule has 0 N–H and O–H groups in total. The second-order valence-electron chi connectivity index (χ2n) is 3.39. The Morgan fingerprint density at radius 3 is 2.81 bits per heavy atom. The van der Waals surface area contributed by atoms with Gasteiger partial charge in [0.2, 0.25) is 0 Å². The van der Waals surface area contributed by atoms with E-state index in [4.69, 9.17) is 16.3 Å². The second kappa shape index (κ2) is 6.81. The van der Waals surface area contributed by atoms with Crippen LogP contribution in [0.2, 0.25) is 5.02 Å². The molecule has 0 saturated carbocycles. The smallest absolute Gasteiger partial charge is 0.309 e. The zero-order chi connectivity index (χ0) is 12.0. The van der Waals surface area contributed by atoms with Crippen molar-refractivity contribution in [3.05, 3.63) is 29.3 Å². The Hall–Kier alpha value is -0.670. The molecule has 2 nitrogen and oxygen atoms in total. The van der Waals surface area contributed by atoms with E-state index < -0.39 is 0 Å². The van der Waals surface area contributed by atoms with Gasteiger partial charge in [-0.05, 0) is 19.1 Å². The summed E-state index contributed by atoms with van der Waals surface area (Å²) in [6, 6.07) is 7.62. The number of carbonyl (C=O) groups is 1. The lowest BCUT2D eigenvalue weighted by Gasteiger charge is -2.10. The molecule has 16 heavy (non-hydrogen) atoms. The summed E-state index contributed by atoms with van der Waals surface area (Å²) in [6.07, 6.45) is 0. The van der Waals surface area contributed by atoms with Crippen LogP contribution in [0, 0.1) is 5.92 Å². The molecule has 1 unspecified atom stereocenters. The third-order valence-electron chi connectivity index (χ3n) is 2.01. The van der Waals surface area contributed by atoms with Crippen LogP contribution in [-0.2, 0) is 9.53 Å². The number of hydrogen-bond donors (Lipinski definition) is 0. The average molecular weight is 259 g/mol. The van der Waals surface area contributed by atoms with E-state index in [0.29, 0.717) is 12.4 Å². The van der Waals surface area contributed by atoms with Crippen LogP contribution in [0.1, 0.15) is 13.8 Å². The van der Waals surface area contributed by atoms with Gasteiger partial charge in [0.05, 0.1) is 17.5 Å². The molecule has 0 aliphatic heterocycles. The molecule has 4 heteroatoms. The Morgan fingerprint density at radius 1 is 1.50 bits per heavy atom. The van der Waals surface area contributed by atoms with E-state index in [-0.39, 0.29) is 11.9 Å². The number of thioether (sulfide) groups is 1. The molecule has 0 bridgehead atoms. The van der Waals surface area contributed by atoms with Gasteiger partial charge in [0, 0.05) is 10.6 Å². The van der Waals surface area contributed by atoms with Gasteiger partial charge in [0.15, 0.2) is 0 Å². The maximum absolute atomic E-state index is 11.4. The largest absolute Gasteiger partial charge is 0.466 e. The molecule has 0 fully saturated rings. The Labute approximate surface area is 105 Å². The molecule has 0 aliphatic rings. The number of benzene rings is 1. The van der Waals surface area contributed by atoms with Gasteiger partial charge < -0.3 is 4.74 Å². The molecule has 0 amide bonds. The highest BCUT2D eigenvalue weighted by molar-refractivity contribution is 7.99. The number of carbonyl (C=O) groups excluding carboxylic acids is 1. The SMILES string of the molecule is CCOC(=O)C(C)CSc1ccccc1Cl. The summed E-state index contributed by atoms with van der Waals surface area (Å²) >= 11 is 7.59. The molecule has 0 aromatic heterocycles. The number of hydrogen-bond acceptors (Lipinski definition) is 3. The summed E-state index contributed by atoms with van der Waals surface area (Å²) in [7, 11) is 0. The minimum Gasteiger partial charge on any atom is -0.466 e. The molecule has 0 spiro atoms. The minimum atomic E-state index is -0.151. The Kier molecular flexibility index (Phi) is 5.71. The van der Waals surface area contributed by atoms with Crippen LogP contribution < -0.4 is 0 Å². The Balaban J connectivity index is 2.46. The number of halogens is 1. The van der Waals surface area contributed by atoms with E-state index in [1.54, 1.807) is 11.8 Å². The van der Waals surface area contributed by atoms with Gasteiger partial charge in [-0.3, -0.25) is 4.79 Å². The summed E-state index contributed by atoms with van der Waals surface area (Å²) in [5.41, 5.74) is 0. The lowest BCUT2D eigenvalue weighted by molar-refractivity contribution is -0.146. The average Bonchev–Trinajstić information content (AvgIpc) is 2.28. The van der Waals surface area contributed by atoms with Gasteiger partial charge in [-0.2, -0.15) is 0 Å². The minimum absolute atomic E-state index is 0.110. The van der Waals surface area contributed by atoms with E-state index in [9.17, 15) is 4.79 Å². The molecule has 1 aromatic rings. The highest BCUT2D eigenvalue weighted by atomic mass is 35.5. The highest BCUT2D eigenvalue weighted by Gasteiger charge is 2.14. The predicted molar refractivity (Wildman–Crippen MR) is 68.0 cm³/mol. The van der Waals surface area contributed by atoms with Crippen molar-refractivity contribution in [3.63, 3.8) is 0 Å². The van der Waals surface area contributed by atoms with E-state index >= 15 is 0 Å². The maximum Gasteiger partial charge on any atom is 0.309 e. The molecule has 1 rings (SSSR count). The number of ether oxygens (including phenoxy) is 1. The van der Waals surface area contributed by atoms with Gasteiger partial charge in [0.1, 0.15) is 0 Å². The molecule has 0 saturated heterocycles. The van der Waals surface area contributed by atoms with Gasteiger partial charge in [0.25, 0.3) is 0 Å². The van der Waals surface area contributed by atoms with Gasteiger partial charge in [-0.1, -0.05) is 30.7 Å². The normalized spacial score (nSPS) is 12.2. The third kappa shape index (κ3) is 4.06. The fourth-order valence-corrected chi connectivity index (χ4v) is 2.37. The molecule has 88 valence electrons. The van der Waals surface area contributed by atoms with E-state index in [1.807, 2.05) is 38.1 Å². The molecule has 1 atom stereocenters. The summed E-state index contributed by atoms with van der Waals surface area (Å²) in [4.78, 5) is 12.4. The van der Waals surface area contributed by atoms with Crippen LogP contribution in [-0.4, -0.2) is 18.3 Å². The Bertz CT molecular complexity index is 355. The first-order valence-corrected chi connectivity index (χ1v) is 6.55. The third-order valence-corrected chi connectivity index (χ3v) is 3.79. The monoisotopic (exact) mass is 258 g/mol. The molecular weight excluding hydrogens is 244 g/mol. The molecule has 1 aromatic carbocycles. The topological polar surface area (TPSA) is 26.3 Å². The standard InChI is InChI=1S/C12H15ClO2S/c1-3-15-12(14)9(2)8-16-11-7-5-4-6-10(11)13/h4-7,9H,3,8H2,1-2H3. The van der Waals surface area contributed by atoms with Crippen molar-refractivity contribution in [1.82, 2.24) is 0 Å². The zero-order valence-corrected chi connectivity index (χ0v) is 11.0. The van der Waals surface area contributed by atoms with Crippen molar-refractivity contribution in [1.29, 1.82) is 0 Å². The molecular formula is C12H15ClO2S. The summed E-state index contributed by atoms with van der Waals surface area (Å²) in [6.45, 7) is 4.10. The van der Waals surface area contributed by atoms with Crippen LogP contribution >= 0.6 is 23.4 Å². The fraction of sp³-hybridized carbons (Fsp3) is 0.417. The number of esters is 1. The van der Waals surface area contributed by atoms with Gasteiger partial charge >= 0.3 is 5.97 Å². The van der Waals surface area contributed by atoms with Crippen LogP contribution in [0.25, 0.3) is 0 Å². The van der Waals surface area contributed by atoms with E-state index in [0.717, 1.165) is 9.92 Å². The van der Waals surface area contributed by atoms with Gasteiger partial charge in [-0.15, -0.1) is 11.8 Å². The zero-order valence-electron chi connectivity index (χ0n) is 9.40. The van der Waals surface area contributed by atoms with Crippen molar-refractivity contribution in [2.45, 2.75) is 18.7 Å². The first-order chi connectivity index (χ1) is 7.65.